The minimum atomic E-state index is -0.927. The van der Waals surface area contributed by atoms with Crippen LogP contribution in [0.4, 0.5) is 14.5 Å². The van der Waals surface area contributed by atoms with E-state index in [1.165, 1.54) is 0 Å². The lowest BCUT2D eigenvalue weighted by Crippen LogP contribution is -2.33. The molecule has 2 aliphatic rings. The molecule has 0 N–H and O–H groups in total. The molecule has 0 amide bonds. The van der Waals surface area contributed by atoms with Gasteiger partial charge in [-0.25, -0.2) is 8.78 Å². The largest absolute Gasteiger partial charge is 0.366 e. The topological polar surface area (TPSA) is 20.3 Å². The van der Waals surface area contributed by atoms with E-state index >= 15 is 0 Å². The third-order valence-corrected chi connectivity index (χ3v) is 3.33. The van der Waals surface area contributed by atoms with Gasteiger partial charge in [-0.15, -0.1) is 0 Å². The lowest BCUT2D eigenvalue weighted by atomic mass is 9.95. The van der Waals surface area contributed by atoms with Crippen LogP contribution in [0.15, 0.2) is 18.2 Å². The first-order valence-corrected chi connectivity index (χ1v) is 5.62. The number of benzene rings is 1. The maximum atomic E-state index is 13.8. The maximum Gasteiger partial charge on any atom is 0.166 e. The van der Waals surface area contributed by atoms with Crippen molar-refractivity contribution in [3.8, 4) is 0 Å². The first kappa shape index (κ1) is 10.4. The summed E-state index contributed by atoms with van der Waals surface area (Å²) in [6, 6.07) is 1.04. The van der Waals surface area contributed by atoms with Crippen molar-refractivity contribution < 1.29 is 13.6 Å². The van der Waals surface area contributed by atoms with E-state index in [0.29, 0.717) is 42.7 Å². The van der Waals surface area contributed by atoms with Crippen LogP contribution >= 0.6 is 0 Å². The fraction of sp³-hybridized carbons (Fsp3) is 0.308. The molecule has 0 aliphatic carbocycles. The van der Waals surface area contributed by atoms with Crippen molar-refractivity contribution in [2.75, 3.05) is 18.0 Å². The number of halogens is 2. The molecule has 2 heterocycles. The van der Waals surface area contributed by atoms with Crippen LogP contribution in [0.1, 0.15) is 22.3 Å². The van der Waals surface area contributed by atoms with Crippen LogP contribution in [-0.4, -0.2) is 18.9 Å². The zero-order valence-corrected chi connectivity index (χ0v) is 9.17. The minimum absolute atomic E-state index is 0.0988. The highest BCUT2D eigenvalue weighted by molar-refractivity contribution is 6.04. The molecule has 0 unspecified atom stereocenters. The monoisotopic (exact) mass is 235 g/mol. The Hall–Kier alpha value is -1.71. The second-order valence-electron chi connectivity index (χ2n) is 4.34. The Morgan fingerprint density at radius 1 is 1.24 bits per heavy atom. The van der Waals surface area contributed by atoms with Gasteiger partial charge in [0.1, 0.15) is 0 Å². The third-order valence-electron chi connectivity index (χ3n) is 3.33. The number of nitrogens with zero attached hydrogens (tertiary/aromatic N) is 1. The molecule has 0 spiro atoms. The number of carbonyl (C=O) groups is 1. The average molecular weight is 235 g/mol. The quantitative estimate of drug-likeness (QED) is 0.644. The van der Waals surface area contributed by atoms with Crippen LogP contribution in [0.25, 0.3) is 0 Å². The molecule has 0 atom stereocenters. The molecular formula is C13H11F2NO. The Morgan fingerprint density at radius 3 is 2.88 bits per heavy atom. The zero-order valence-electron chi connectivity index (χ0n) is 9.17. The first-order valence-electron chi connectivity index (χ1n) is 5.62. The van der Waals surface area contributed by atoms with Gasteiger partial charge in [-0.1, -0.05) is 12.2 Å². The van der Waals surface area contributed by atoms with Gasteiger partial charge in [0.2, 0.25) is 0 Å². The van der Waals surface area contributed by atoms with Crippen LogP contribution in [0, 0.1) is 11.6 Å². The number of hydrogen-bond acceptors (Lipinski definition) is 2. The van der Waals surface area contributed by atoms with Crippen LogP contribution in [0.3, 0.4) is 0 Å². The van der Waals surface area contributed by atoms with Gasteiger partial charge in [0.05, 0.1) is 5.69 Å². The average Bonchev–Trinajstić information content (AvgIpc) is 2.53. The van der Waals surface area contributed by atoms with E-state index in [1.54, 1.807) is 0 Å². The standard InChI is InChI=1S/C13H11F2NO/c14-10-7-9-11(17)4-6-16-5-2-1-3-8(12(10)15)13(9)16/h1-2,7H,3-6H2. The Kier molecular flexibility index (Phi) is 2.24. The van der Waals surface area contributed by atoms with Gasteiger partial charge in [0, 0.05) is 30.6 Å². The molecule has 4 heteroatoms. The summed E-state index contributed by atoms with van der Waals surface area (Å²) in [6.07, 6.45) is 4.46. The molecule has 17 heavy (non-hydrogen) atoms. The third kappa shape index (κ3) is 1.47. The van der Waals surface area contributed by atoms with Gasteiger partial charge in [0.15, 0.2) is 17.4 Å². The van der Waals surface area contributed by atoms with Crippen LogP contribution in [0.5, 0.6) is 0 Å². The lowest BCUT2D eigenvalue weighted by molar-refractivity contribution is 0.0979. The molecule has 1 aromatic carbocycles. The van der Waals surface area contributed by atoms with E-state index in [1.807, 2.05) is 17.1 Å². The van der Waals surface area contributed by atoms with E-state index in [-0.39, 0.29) is 5.78 Å². The predicted molar refractivity (Wildman–Crippen MR) is 60.4 cm³/mol. The summed E-state index contributed by atoms with van der Waals surface area (Å²) in [7, 11) is 0. The second kappa shape index (κ2) is 3.65. The molecule has 0 bridgehead atoms. The van der Waals surface area contributed by atoms with Crippen molar-refractivity contribution in [2.45, 2.75) is 12.8 Å². The Balaban J connectivity index is 2.31. The molecular weight excluding hydrogens is 224 g/mol. The number of Topliss-reactive ketones (excluding diaryl/α,β-unsaturated/α-hetero) is 1. The van der Waals surface area contributed by atoms with Crippen molar-refractivity contribution >= 4 is 11.5 Å². The Labute approximate surface area is 97.5 Å². The molecule has 3 rings (SSSR count). The number of hydrogen-bond donors (Lipinski definition) is 0. The normalized spacial score (nSPS) is 18.0. The van der Waals surface area contributed by atoms with Gasteiger partial charge in [-0.3, -0.25) is 4.79 Å². The molecule has 0 saturated carbocycles. The molecule has 0 aromatic heterocycles. The summed E-state index contributed by atoms with van der Waals surface area (Å²) >= 11 is 0. The lowest BCUT2D eigenvalue weighted by Gasteiger charge is -2.30. The highest BCUT2D eigenvalue weighted by Gasteiger charge is 2.29. The van der Waals surface area contributed by atoms with E-state index in [4.69, 9.17) is 0 Å². The van der Waals surface area contributed by atoms with Gasteiger partial charge in [0.25, 0.3) is 0 Å². The van der Waals surface area contributed by atoms with Crippen molar-refractivity contribution in [1.82, 2.24) is 0 Å². The summed E-state index contributed by atoms with van der Waals surface area (Å²) in [4.78, 5) is 13.7. The first-order chi connectivity index (χ1) is 8.18. The number of rotatable bonds is 0. The van der Waals surface area contributed by atoms with Gasteiger partial charge < -0.3 is 4.90 Å². The summed E-state index contributed by atoms with van der Waals surface area (Å²) < 4.78 is 27.2. The van der Waals surface area contributed by atoms with Crippen molar-refractivity contribution in [2.24, 2.45) is 0 Å². The highest BCUT2D eigenvalue weighted by Crippen LogP contribution is 2.35. The highest BCUT2D eigenvalue weighted by atomic mass is 19.2. The maximum absolute atomic E-state index is 13.8. The zero-order chi connectivity index (χ0) is 12.0. The van der Waals surface area contributed by atoms with Crippen LogP contribution < -0.4 is 4.90 Å². The Bertz CT molecular complexity index is 537. The fourth-order valence-corrected chi connectivity index (χ4v) is 2.50. The van der Waals surface area contributed by atoms with Gasteiger partial charge >= 0.3 is 0 Å². The van der Waals surface area contributed by atoms with Gasteiger partial charge in [-0.05, 0) is 12.5 Å². The number of carbonyl (C=O) groups excluding carboxylic acids is 1. The summed E-state index contributed by atoms with van der Waals surface area (Å²) in [5.74, 6) is -1.85. The van der Waals surface area contributed by atoms with E-state index in [0.717, 1.165) is 6.07 Å². The molecule has 0 radical (unpaired) electrons. The predicted octanol–water partition coefficient (Wildman–Crippen LogP) is 2.47. The number of anilines is 1. The molecule has 1 aromatic rings. The summed E-state index contributed by atoms with van der Waals surface area (Å²) in [6.45, 7) is 1.23. The SMILES string of the molecule is O=C1CCN2CC=CCc3c(F)c(F)cc1c32. The van der Waals surface area contributed by atoms with E-state index < -0.39 is 11.6 Å². The smallest absolute Gasteiger partial charge is 0.166 e. The van der Waals surface area contributed by atoms with Crippen LogP contribution in [-0.2, 0) is 6.42 Å². The fourth-order valence-electron chi connectivity index (χ4n) is 2.50. The Morgan fingerprint density at radius 2 is 2.06 bits per heavy atom. The molecule has 2 nitrogen and oxygen atoms in total. The summed E-state index contributed by atoms with van der Waals surface area (Å²) in [5.41, 5.74) is 1.22. The van der Waals surface area contributed by atoms with Crippen molar-refractivity contribution in [1.29, 1.82) is 0 Å². The second-order valence-corrected chi connectivity index (χ2v) is 4.34. The number of ketones is 1. The van der Waals surface area contributed by atoms with Crippen molar-refractivity contribution in [3.05, 3.63) is 41.0 Å². The van der Waals surface area contributed by atoms with Crippen LogP contribution in [0.2, 0.25) is 0 Å². The van der Waals surface area contributed by atoms with E-state index in [2.05, 4.69) is 0 Å². The van der Waals surface area contributed by atoms with Crippen molar-refractivity contribution in [3.63, 3.8) is 0 Å². The molecule has 88 valence electrons. The van der Waals surface area contributed by atoms with Gasteiger partial charge in [-0.2, -0.15) is 0 Å². The summed E-state index contributed by atoms with van der Waals surface area (Å²) in [5, 5.41) is 0. The molecule has 0 saturated heterocycles. The number of allylic oxidation sites excluding steroid dienone is 1. The molecule has 0 fully saturated rings. The molecule has 2 aliphatic heterocycles. The minimum Gasteiger partial charge on any atom is -0.366 e. The van der Waals surface area contributed by atoms with E-state index in [9.17, 15) is 13.6 Å².